The molecule has 0 aliphatic carbocycles. The van der Waals surface area contributed by atoms with E-state index in [0.29, 0.717) is 18.4 Å². The smallest absolute Gasteiger partial charge is 0.360 e. The van der Waals surface area contributed by atoms with Crippen LogP contribution in [0.1, 0.15) is 12.0 Å². The van der Waals surface area contributed by atoms with Crippen molar-refractivity contribution in [1.29, 1.82) is 0 Å². The molecule has 1 aliphatic rings. The molecule has 0 saturated carbocycles. The largest absolute Gasteiger partial charge is 0.423 e. The summed E-state index contributed by atoms with van der Waals surface area (Å²) in [6.45, 7) is -1.66. The van der Waals surface area contributed by atoms with Gasteiger partial charge in [-0.1, -0.05) is 0 Å². The summed E-state index contributed by atoms with van der Waals surface area (Å²) in [5.74, 6) is -3.29. The maximum Gasteiger partial charge on any atom is 0.423 e. The Morgan fingerprint density at radius 1 is 1.38 bits per heavy atom. The molecule has 0 spiro atoms. The lowest BCUT2D eigenvalue weighted by atomic mass is 10.1. The van der Waals surface area contributed by atoms with Crippen LogP contribution >= 0.6 is 0 Å². The quantitative estimate of drug-likeness (QED) is 0.325. The highest BCUT2D eigenvalue weighted by atomic mass is 32.2. The van der Waals surface area contributed by atoms with Crippen molar-refractivity contribution in [3.05, 3.63) is 33.9 Å². The van der Waals surface area contributed by atoms with Crippen LogP contribution in [0, 0.1) is 10.1 Å². The number of anilines is 1. The number of hydrogen-bond donors (Lipinski definition) is 0. The van der Waals surface area contributed by atoms with Gasteiger partial charge in [-0.25, -0.2) is 8.78 Å². The second-order valence-corrected chi connectivity index (χ2v) is 7.43. The van der Waals surface area contributed by atoms with E-state index < -0.39 is 64.0 Å². The predicted molar refractivity (Wildman–Crippen MR) is 79.6 cm³/mol. The van der Waals surface area contributed by atoms with E-state index in [1.165, 1.54) is 0 Å². The molecule has 1 atom stereocenters. The highest BCUT2D eigenvalue weighted by molar-refractivity contribution is 7.85. The van der Waals surface area contributed by atoms with Crippen molar-refractivity contribution in [2.24, 2.45) is 0 Å². The van der Waals surface area contributed by atoms with Crippen molar-refractivity contribution >= 4 is 21.5 Å². The van der Waals surface area contributed by atoms with Gasteiger partial charge in [-0.15, -0.1) is 0 Å². The maximum absolute atomic E-state index is 13.7. The van der Waals surface area contributed by atoms with Crippen LogP contribution in [0.25, 0.3) is 0 Å². The molecule has 13 heteroatoms. The van der Waals surface area contributed by atoms with E-state index >= 15 is 0 Å². The van der Waals surface area contributed by atoms with Crippen LogP contribution in [0.3, 0.4) is 0 Å². The fourth-order valence-electron chi connectivity index (χ4n) is 2.64. The third-order valence-electron chi connectivity index (χ3n) is 3.67. The molecule has 0 amide bonds. The van der Waals surface area contributed by atoms with Gasteiger partial charge in [0, 0.05) is 18.2 Å². The Morgan fingerprint density at radius 2 is 2.00 bits per heavy atom. The molecule has 1 fully saturated rings. The van der Waals surface area contributed by atoms with Gasteiger partial charge in [-0.3, -0.25) is 14.3 Å². The fourth-order valence-corrected chi connectivity index (χ4v) is 3.04. The first-order valence-corrected chi connectivity index (χ1v) is 8.86. The zero-order valence-electron chi connectivity index (χ0n) is 13.2. The number of nitro groups is 1. The third-order valence-corrected chi connectivity index (χ3v) is 4.23. The summed E-state index contributed by atoms with van der Waals surface area (Å²) in [7, 11) is -3.94. The molecule has 1 heterocycles. The van der Waals surface area contributed by atoms with E-state index in [-0.39, 0.29) is 5.69 Å². The van der Waals surface area contributed by atoms with Crippen LogP contribution in [0.2, 0.25) is 0 Å². The summed E-state index contributed by atoms with van der Waals surface area (Å²) in [5, 5.41) is 10.8. The van der Waals surface area contributed by atoms with Gasteiger partial charge in [0.15, 0.2) is 0 Å². The van der Waals surface area contributed by atoms with E-state index in [2.05, 4.69) is 4.18 Å². The Balaban J connectivity index is 2.42. The second-order valence-electron chi connectivity index (χ2n) is 5.79. The highest BCUT2D eigenvalue weighted by Crippen LogP contribution is 2.41. The zero-order chi connectivity index (χ0) is 19.9. The molecule has 0 bridgehead atoms. The van der Waals surface area contributed by atoms with E-state index in [9.17, 15) is 40.5 Å². The van der Waals surface area contributed by atoms with Crippen LogP contribution in [-0.4, -0.2) is 44.7 Å². The third kappa shape index (κ3) is 4.78. The van der Waals surface area contributed by atoms with Crippen LogP contribution in [-0.2, 0) is 20.5 Å². The van der Waals surface area contributed by atoms with Gasteiger partial charge in [0.2, 0.25) is 0 Å². The maximum atomic E-state index is 13.7. The lowest BCUT2D eigenvalue weighted by Crippen LogP contribution is -2.34. The number of halogens is 5. The molecule has 26 heavy (non-hydrogen) atoms. The van der Waals surface area contributed by atoms with E-state index in [0.717, 1.165) is 11.0 Å². The second kappa shape index (κ2) is 6.61. The van der Waals surface area contributed by atoms with Gasteiger partial charge in [0.1, 0.15) is 5.56 Å². The SMILES string of the molecule is CS(=O)(=O)OCC1CC(F)(F)CN1c1ccc([N+](=O)[O-])c(C(F)(F)F)c1. The topological polar surface area (TPSA) is 89.8 Å². The summed E-state index contributed by atoms with van der Waals surface area (Å²) in [6, 6.07) is 0.653. The van der Waals surface area contributed by atoms with Crippen molar-refractivity contribution in [2.45, 2.75) is 24.6 Å². The molecular formula is C13H13F5N2O5S. The van der Waals surface area contributed by atoms with Crippen LogP contribution in [0.15, 0.2) is 18.2 Å². The monoisotopic (exact) mass is 404 g/mol. The van der Waals surface area contributed by atoms with Crippen LogP contribution < -0.4 is 4.90 Å². The Labute approximate surface area is 144 Å². The number of hydrogen-bond acceptors (Lipinski definition) is 6. The molecule has 7 nitrogen and oxygen atoms in total. The van der Waals surface area contributed by atoms with E-state index in [1.807, 2.05) is 0 Å². The van der Waals surface area contributed by atoms with E-state index in [1.54, 1.807) is 0 Å². The van der Waals surface area contributed by atoms with Crippen molar-refractivity contribution in [3.63, 3.8) is 0 Å². The van der Waals surface area contributed by atoms with Gasteiger partial charge in [-0.05, 0) is 12.1 Å². The van der Waals surface area contributed by atoms with Crippen molar-refractivity contribution in [1.82, 2.24) is 0 Å². The molecule has 1 aliphatic heterocycles. The summed E-state index contributed by atoms with van der Waals surface area (Å²) in [6.07, 6.45) is -5.20. The molecule has 1 aromatic carbocycles. The number of nitro benzene ring substituents is 1. The van der Waals surface area contributed by atoms with Gasteiger partial charge in [-0.2, -0.15) is 21.6 Å². The number of rotatable bonds is 5. The van der Waals surface area contributed by atoms with Gasteiger partial charge >= 0.3 is 6.18 Å². The zero-order valence-corrected chi connectivity index (χ0v) is 14.0. The summed E-state index contributed by atoms with van der Waals surface area (Å²) >= 11 is 0. The predicted octanol–water partition coefficient (Wildman–Crippen LogP) is 2.80. The molecule has 0 radical (unpaired) electrons. The standard InChI is InChI=1S/C13H13F5N2O5S/c1-26(23,24)25-6-9-5-12(14,15)7-19(9)8-2-3-11(20(21)22)10(4-8)13(16,17)18/h2-4,9H,5-7H2,1H3. The molecule has 1 saturated heterocycles. The summed E-state index contributed by atoms with van der Waals surface area (Å²) < 4.78 is 93.2. The average molecular weight is 404 g/mol. The minimum atomic E-state index is -5.07. The Morgan fingerprint density at radius 3 is 2.50 bits per heavy atom. The van der Waals surface area contributed by atoms with Gasteiger partial charge in [0.25, 0.3) is 21.7 Å². The minimum Gasteiger partial charge on any atom is -0.360 e. The number of benzene rings is 1. The molecular weight excluding hydrogens is 391 g/mol. The molecule has 2 rings (SSSR count). The van der Waals surface area contributed by atoms with E-state index in [4.69, 9.17) is 0 Å². The van der Waals surface area contributed by atoms with Gasteiger partial charge < -0.3 is 4.90 Å². The van der Waals surface area contributed by atoms with Crippen LogP contribution in [0.5, 0.6) is 0 Å². The molecule has 0 aromatic heterocycles. The van der Waals surface area contributed by atoms with Crippen molar-refractivity contribution in [3.8, 4) is 0 Å². The average Bonchev–Trinajstić information content (AvgIpc) is 2.78. The van der Waals surface area contributed by atoms with Crippen molar-refractivity contribution < 1.29 is 39.5 Å². The summed E-state index contributed by atoms with van der Waals surface area (Å²) in [5.41, 5.74) is -3.14. The van der Waals surface area contributed by atoms with Crippen molar-refractivity contribution in [2.75, 3.05) is 24.3 Å². The van der Waals surface area contributed by atoms with Gasteiger partial charge in [0.05, 0.1) is 30.4 Å². The highest BCUT2D eigenvalue weighted by Gasteiger charge is 2.46. The molecule has 1 unspecified atom stereocenters. The lowest BCUT2D eigenvalue weighted by molar-refractivity contribution is -0.388. The molecule has 146 valence electrons. The molecule has 0 N–H and O–H groups in total. The first-order chi connectivity index (χ1) is 11.7. The molecule has 1 aromatic rings. The first kappa shape index (κ1) is 20.3. The lowest BCUT2D eigenvalue weighted by Gasteiger charge is -2.26. The fraction of sp³-hybridized carbons (Fsp3) is 0.538. The number of alkyl halides is 5. The Bertz CT molecular complexity index is 812. The van der Waals surface area contributed by atoms with Crippen LogP contribution in [0.4, 0.5) is 33.3 Å². The number of nitrogens with zero attached hydrogens (tertiary/aromatic N) is 2. The normalized spacial score (nSPS) is 20.4. The first-order valence-electron chi connectivity index (χ1n) is 7.04. The summed E-state index contributed by atoms with van der Waals surface area (Å²) in [4.78, 5) is 10.4. The Kier molecular flexibility index (Phi) is 5.16. The Hall–Kier alpha value is -2.02. The minimum absolute atomic E-state index is 0.345.